The molecule has 2 amide bonds. The van der Waals surface area contributed by atoms with Gasteiger partial charge >= 0.3 is 6.03 Å². The fourth-order valence-electron chi connectivity index (χ4n) is 2.28. The van der Waals surface area contributed by atoms with Gasteiger partial charge in [0.15, 0.2) is 0 Å². The highest BCUT2D eigenvalue weighted by Crippen LogP contribution is 2.17. The molecule has 0 spiro atoms. The summed E-state index contributed by atoms with van der Waals surface area (Å²) in [6.07, 6.45) is 3.25. The molecule has 0 saturated heterocycles. The summed E-state index contributed by atoms with van der Waals surface area (Å²) >= 11 is 0. The van der Waals surface area contributed by atoms with Crippen molar-refractivity contribution >= 4 is 11.7 Å². The van der Waals surface area contributed by atoms with E-state index in [4.69, 9.17) is 0 Å². The maximum atomic E-state index is 12.0. The van der Waals surface area contributed by atoms with Gasteiger partial charge < -0.3 is 15.7 Å². The maximum Gasteiger partial charge on any atom is 0.319 e. The van der Waals surface area contributed by atoms with Gasteiger partial charge in [0.05, 0.1) is 18.0 Å². The lowest BCUT2D eigenvalue weighted by atomic mass is 10.0. The van der Waals surface area contributed by atoms with Crippen LogP contribution in [0.4, 0.5) is 10.5 Å². The standard InChI is InChI=1S/C17H24N4O2/c1-12(2)21-11-15(10-18-21)20-17(23)19-13(3)9-16(22)14-7-5-4-6-8-14/h4-8,10-13,16,22H,9H2,1-3H3,(H2,19,20,23)/t13-,16+/m1/s1. The first-order chi connectivity index (χ1) is 11.0. The SMILES string of the molecule is CC(C)n1cc(NC(=O)N[C@H](C)C[C@H](O)c2ccccc2)cn1. The molecule has 0 bridgehead atoms. The van der Waals surface area contributed by atoms with E-state index in [-0.39, 0.29) is 18.1 Å². The number of aliphatic hydroxyl groups is 1. The largest absolute Gasteiger partial charge is 0.388 e. The average molecular weight is 316 g/mol. The minimum absolute atomic E-state index is 0.162. The first kappa shape index (κ1) is 17.0. The number of hydrogen-bond acceptors (Lipinski definition) is 3. The van der Waals surface area contributed by atoms with Crippen molar-refractivity contribution in [2.75, 3.05) is 5.32 Å². The topological polar surface area (TPSA) is 79.2 Å². The molecule has 0 radical (unpaired) electrons. The summed E-state index contributed by atoms with van der Waals surface area (Å²) in [4.78, 5) is 12.0. The van der Waals surface area contributed by atoms with Crippen molar-refractivity contribution in [3.63, 3.8) is 0 Å². The third-order valence-corrected chi connectivity index (χ3v) is 3.53. The maximum absolute atomic E-state index is 12.0. The van der Waals surface area contributed by atoms with Crippen molar-refractivity contribution in [2.24, 2.45) is 0 Å². The molecule has 23 heavy (non-hydrogen) atoms. The lowest BCUT2D eigenvalue weighted by Crippen LogP contribution is -2.36. The van der Waals surface area contributed by atoms with Crippen LogP contribution < -0.4 is 10.6 Å². The molecule has 0 aliphatic rings. The lowest BCUT2D eigenvalue weighted by molar-refractivity contribution is 0.155. The van der Waals surface area contributed by atoms with Gasteiger partial charge in [0.25, 0.3) is 0 Å². The van der Waals surface area contributed by atoms with Crippen LogP contribution in [0.5, 0.6) is 0 Å². The highest BCUT2D eigenvalue weighted by Gasteiger charge is 2.14. The Hall–Kier alpha value is -2.34. The highest BCUT2D eigenvalue weighted by atomic mass is 16.3. The number of nitrogens with zero attached hydrogens (tertiary/aromatic N) is 2. The molecule has 0 aliphatic heterocycles. The van der Waals surface area contributed by atoms with Crippen LogP contribution in [0.15, 0.2) is 42.7 Å². The molecule has 0 unspecified atom stereocenters. The zero-order valence-corrected chi connectivity index (χ0v) is 13.7. The second kappa shape index (κ2) is 7.78. The van der Waals surface area contributed by atoms with E-state index in [1.54, 1.807) is 17.1 Å². The van der Waals surface area contributed by atoms with Crippen LogP contribution in [0.25, 0.3) is 0 Å². The monoisotopic (exact) mass is 316 g/mol. The number of carbonyl (C=O) groups is 1. The molecule has 0 aliphatic carbocycles. The van der Waals surface area contributed by atoms with Gasteiger partial charge in [-0.2, -0.15) is 5.10 Å². The highest BCUT2D eigenvalue weighted by molar-refractivity contribution is 5.89. The Balaban J connectivity index is 1.82. The second-order valence-electron chi connectivity index (χ2n) is 5.96. The summed E-state index contributed by atoms with van der Waals surface area (Å²) in [6, 6.07) is 9.20. The predicted octanol–water partition coefficient (Wildman–Crippen LogP) is 3.10. The molecule has 2 rings (SSSR count). The number of benzene rings is 1. The first-order valence-electron chi connectivity index (χ1n) is 7.80. The van der Waals surface area contributed by atoms with Gasteiger partial charge in [0.2, 0.25) is 0 Å². The van der Waals surface area contributed by atoms with Gasteiger partial charge in [-0.3, -0.25) is 4.68 Å². The number of anilines is 1. The molecular weight excluding hydrogens is 292 g/mol. The number of hydrogen-bond donors (Lipinski definition) is 3. The second-order valence-corrected chi connectivity index (χ2v) is 5.96. The summed E-state index contributed by atoms with van der Waals surface area (Å²) in [6.45, 7) is 5.90. The summed E-state index contributed by atoms with van der Waals surface area (Å²) in [7, 11) is 0. The summed E-state index contributed by atoms with van der Waals surface area (Å²) < 4.78 is 1.78. The van der Waals surface area contributed by atoms with E-state index in [1.165, 1.54) is 0 Å². The summed E-state index contributed by atoms with van der Waals surface area (Å²) in [5, 5.41) is 19.9. The van der Waals surface area contributed by atoms with Crippen molar-refractivity contribution < 1.29 is 9.90 Å². The Bertz CT molecular complexity index is 625. The summed E-state index contributed by atoms with van der Waals surface area (Å²) in [5.41, 5.74) is 1.49. The fraction of sp³-hybridized carbons (Fsp3) is 0.412. The van der Waals surface area contributed by atoms with E-state index in [0.29, 0.717) is 12.1 Å². The molecule has 6 nitrogen and oxygen atoms in total. The van der Waals surface area contributed by atoms with E-state index in [2.05, 4.69) is 15.7 Å². The number of carbonyl (C=O) groups excluding carboxylic acids is 1. The van der Waals surface area contributed by atoms with Crippen LogP contribution in [-0.2, 0) is 0 Å². The van der Waals surface area contributed by atoms with E-state index in [9.17, 15) is 9.90 Å². The van der Waals surface area contributed by atoms with Gasteiger partial charge in [-0.05, 0) is 32.8 Å². The molecule has 3 N–H and O–H groups in total. The van der Waals surface area contributed by atoms with Crippen molar-refractivity contribution in [1.29, 1.82) is 0 Å². The zero-order valence-electron chi connectivity index (χ0n) is 13.7. The molecule has 2 aromatic rings. The molecule has 0 fully saturated rings. The van der Waals surface area contributed by atoms with Gasteiger partial charge in [0, 0.05) is 18.3 Å². The molecule has 0 saturated carbocycles. The third-order valence-electron chi connectivity index (χ3n) is 3.53. The molecule has 2 atom stereocenters. The van der Waals surface area contributed by atoms with E-state index in [1.807, 2.05) is 51.1 Å². The number of rotatable bonds is 6. The minimum Gasteiger partial charge on any atom is -0.388 e. The van der Waals surface area contributed by atoms with Crippen LogP contribution in [-0.4, -0.2) is 27.0 Å². The van der Waals surface area contributed by atoms with Crippen LogP contribution in [0.1, 0.15) is 44.9 Å². The van der Waals surface area contributed by atoms with Gasteiger partial charge in [-0.15, -0.1) is 0 Å². The molecule has 124 valence electrons. The van der Waals surface area contributed by atoms with Crippen molar-refractivity contribution in [3.8, 4) is 0 Å². The van der Waals surface area contributed by atoms with Crippen molar-refractivity contribution in [3.05, 3.63) is 48.3 Å². The van der Waals surface area contributed by atoms with Crippen LogP contribution in [0.2, 0.25) is 0 Å². The third kappa shape index (κ3) is 5.10. The normalized spacial score (nSPS) is 13.6. The van der Waals surface area contributed by atoms with E-state index in [0.717, 1.165) is 5.56 Å². The fourth-order valence-corrected chi connectivity index (χ4v) is 2.28. The zero-order chi connectivity index (χ0) is 16.8. The quantitative estimate of drug-likeness (QED) is 0.766. The van der Waals surface area contributed by atoms with E-state index >= 15 is 0 Å². The van der Waals surface area contributed by atoms with Gasteiger partial charge in [-0.25, -0.2) is 4.79 Å². The minimum atomic E-state index is -0.602. The Morgan fingerprint density at radius 2 is 1.96 bits per heavy atom. The molecule has 1 heterocycles. The number of aromatic nitrogens is 2. The van der Waals surface area contributed by atoms with Crippen LogP contribution in [0.3, 0.4) is 0 Å². The first-order valence-corrected chi connectivity index (χ1v) is 7.80. The smallest absolute Gasteiger partial charge is 0.319 e. The Labute approximate surface area is 136 Å². The van der Waals surface area contributed by atoms with Crippen LogP contribution >= 0.6 is 0 Å². The molecule has 1 aromatic carbocycles. The van der Waals surface area contributed by atoms with Crippen LogP contribution in [0, 0.1) is 0 Å². The number of amides is 2. The lowest BCUT2D eigenvalue weighted by Gasteiger charge is -2.18. The Morgan fingerprint density at radius 1 is 1.26 bits per heavy atom. The Morgan fingerprint density at radius 3 is 2.57 bits per heavy atom. The van der Waals surface area contributed by atoms with E-state index < -0.39 is 6.10 Å². The summed E-state index contributed by atoms with van der Waals surface area (Å²) in [5.74, 6) is 0. The number of urea groups is 1. The number of nitrogens with one attached hydrogen (secondary N) is 2. The Kier molecular flexibility index (Phi) is 5.76. The average Bonchev–Trinajstić information content (AvgIpc) is 2.96. The van der Waals surface area contributed by atoms with Gasteiger partial charge in [0.1, 0.15) is 0 Å². The van der Waals surface area contributed by atoms with Crippen molar-refractivity contribution in [1.82, 2.24) is 15.1 Å². The number of aliphatic hydroxyl groups excluding tert-OH is 1. The molecular formula is C17H24N4O2. The molecule has 1 aromatic heterocycles. The van der Waals surface area contributed by atoms with Gasteiger partial charge in [-0.1, -0.05) is 30.3 Å². The van der Waals surface area contributed by atoms with Crippen molar-refractivity contribution in [2.45, 2.75) is 45.4 Å². The molecule has 6 heteroatoms. The predicted molar refractivity (Wildman–Crippen MR) is 90.2 cm³/mol.